The molecule has 0 unspecified atom stereocenters. The zero-order valence-corrected chi connectivity index (χ0v) is 16.4. The lowest BCUT2D eigenvalue weighted by Gasteiger charge is -2.16. The van der Waals surface area contributed by atoms with Crippen LogP contribution in [0.3, 0.4) is 0 Å². The van der Waals surface area contributed by atoms with Crippen LogP contribution in [0.5, 0.6) is 11.5 Å². The Morgan fingerprint density at radius 1 is 0.857 bits per heavy atom. The molecule has 1 fully saturated rings. The minimum atomic E-state index is -0.516. The number of amides is 2. The van der Waals surface area contributed by atoms with Crippen molar-refractivity contribution < 1.29 is 19.1 Å². The molecule has 2 amide bonds. The normalized spacial score (nSPS) is 13.6. The second-order valence-corrected chi connectivity index (χ2v) is 6.79. The number of ether oxygens (including phenoxy) is 2. The first-order chi connectivity index (χ1) is 13.4. The Hall–Kier alpha value is -3.19. The third kappa shape index (κ3) is 5.17. The van der Waals surface area contributed by atoms with Crippen molar-refractivity contribution in [2.24, 2.45) is 0 Å². The molecule has 0 aliphatic carbocycles. The molecule has 1 heterocycles. The fraction of sp³-hybridized carbons (Fsp3) is 0.190. The fourth-order valence-electron chi connectivity index (χ4n) is 2.77. The van der Waals surface area contributed by atoms with Gasteiger partial charge in [-0.25, -0.2) is 0 Å². The van der Waals surface area contributed by atoms with Gasteiger partial charge in [-0.05, 0) is 73.1 Å². The van der Waals surface area contributed by atoms with Gasteiger partial charge in [0.2, 0.25) is 0 Å². The smallest absolute Gasteiger partial charge is 0.263 e. The predicted molar refractivity (Wildman–Crippen MR) is 110 cm³/mol. The molecule has 2 N–H and O–H groups in total. The van der Waals surface area contributed by atoms with Crippen molar-refractivity contribution in [1.29, 1.82) is 0 Å². The van der Waals surface area contributed by atoms with E-state index in [2.05, 4.69) is 16.7 Å². The van der Waals surface area contributed by atoms with Crippen molar-refractivity contribution in [2.45, 2.75) is 13.8 Å². The van der Waals surface area contributed by atoms with Crippen molar-refractivity contribution in [2.75, 3.05) is 13.2 Å². The molecule has 1 aliphatic heterocycles. The Bertz CT molecular complexity index is 909. The first-order valence-corrected chi connectivity index (χ1v) is 9.14. The highest BCUT2D eigenvalue weighted by molar-refractivity contribution is 7.80. The van der Waals surface area contributed by atoms with Crippen LogP contribution < -0.4 is 20.1 Å². The first kappa shape index (κ1) is 19.6. The highest BCUT2D eigenvalue weighted by atomic mass is 32.1. The Morgan fingerprint density at radius 3 is 1.96 bits per heavy atom. The lowest BCUT2D eigenvalue weighted by molar-refractivity contribution is -0.123. The van der Waals surface area contributed by atoms with Crippen LogP contribution in [0.25, 0.3) is 6.08 Å². The molecule has 144 valence electrons. The summed E-state index contributed by atoms with van der Waals surface area (Å²) in [5.74, 6) is 0.465. The van der Waals surface area contributed by atoms with Crippen LogP contribution >= 0.6 is 12.2 Å². The van der Waals surface area contributed by atoms with Gasteiger partial charge < -0.3 is 9.47 Å². The van der Waals surface area contributed by atoms with E-state index >= 15 is 0 Å². The summed E-state index contributed by atoms with van der Waals surface area (Å²) in [7, 11) is 0. The highest BCUT2D eigenvalue weighted by Gasteiger charge is 2.25. The van der Waals surface area contributed by atoms with E-state index in [4.69, 9.17) is 21.7 Å². The molecule has 0 spiro atoms. The van der Waals surface area contributed by atoms with Crippen molar-refractivity contribution in [3.05, 3.63) is 64.7 Å². The van der Waals surface area contributed by atoms with Crippen molar-refractivity contribution in [3.63, 3.8) is 0 Å². The SMILES string of the molecule is Cc1cc(C)cc(OCCOc2ccc(C=C3C(=O)NC(=S)NC3=O)cc2)c1. The summed E-state index contributed by atoms with van der Waals surface area (Å²) in [6.07, 6.45) is 1.50. The summed E-state index contributed by atoms with van der Waals surface area (Å²) in [6, 6.07) is 13.1. The highest BCUT2D eigenvalue weighted by Crippen LogP contribution is 2.17. The van der Waals surface area contributed by atoms with Gasteiger partial charge in [0.05, 0.1) is 0 Å². The molecule has 2 aromatic rings. The third-order valence-corrected chi connectivity index (χ3v) is 4.15. The molecule has 0 saturated carbocycles. The van der Waals surface area contributed by atoms with Gasteiger partial charge in [0.15, 0.2) is 5.11 Å². The number of carbonyl (C=O) groups is 2. The van der Waals surface area contributed by atoms with Crippen molar-refractivity contribution in [3.8, 4) is 11.5 Å². The Kier molecular flexibility index (Phi) is 6.06. The maximum atomic E-state index is 11.9. The number of nitrogens with one attached hydrogen (secondary N) is 2. The van der Waals surface area contributed by atoms with Crippen LogP contribution in [-0.4, -0.2) is 30.1 Å². The summed E-state index contributed by atoms with van der Waals surface area (Å²) >= 11 is 4.77. The van der Waals surface area contributed by atoms with E-state index < -0.39 is 11.8 Å². The summed E-state index contributed by atoms with van der Waals surface area (Å²) < 4.78 is 11.4. The van der Waals surface area contributed by atoms with Crippen molar-refractivity contribution in [1.82, 2.24) is 10.6 Å². The van der Waals surface area contributed by atoms with E-state index in [1.54, 1.807) is 24.3 Å². The average Bonchev–Trinajstić information content (AvgIpc) is 2.62. The minimum Gasteiger partial charge on any atom is -0.490 e. The standard InChI is InChI=1S/C21H20N2O4S/c1-13-9-14(2)11-17(10-13)27-8-7-26-16-5-3-15(4-6-16)12-18-19(24)22-21(28)23-20(18)25/h3-6,9-12H,7-8H2,1-2H3,(H2,22,23,24,25,28). The number of hydrogen-bond donors (Lipinski definition) is 2. The number of benzene rings is 2. The number of thiocarbonyl (C=S) groups is 1. The quantitative estimate of drug-likeness (QED) is 0.340. The van der Waals surface area contributed by atoms with Gasteiger partial charge in [-0.2, -0.15) is 0 Å². The summed E-state index contributed by atoms with van der Waals surface area (Å²) in [5.41, 5.74) is 3.02. The van der Waals surface area contributed by atoms with E-state index in [9.17, 15) is 9.59 Å². The number of hydrogen-bond acceptors (Lipinski definition) is 5. The van der Waals surface area contributed by atoms with Gasteiger partial charge in [-0.1, -0.05) is 18.2 Å². The second-order valence-electron chi connectivity index (χ2n) is 6.38. The van der Waals surface area contributed by atoms with E-state index in [1.165, 1.54) is 6.08 Å². The first-order valence-electron chi connectivity index (χ1n) is 8.73. The Labute approximate surface area is 168 Å². The predicted octanol–water partition coefficient (Wildman–Crippen LogP) is 2.68. The monoisotopic (exact) mass is 396 g/mol. The van der Waals surface area contributed by atoms with Crippen LogP contribution in [0, 0.1) is 13.8 Å². The number of carbonyl (C=O) groups excluding carboxylic acids is 2. The molecule has 3 rings (SSSR count). The fourth-order valence-corrected chi connectivity index (χ4v) is 2.95. The van der Waals surface area contributed by atoms with Gasteiger partial charge in [-0.15, -0.1) is 0 Å². The van der Waals surface area contributed by atoms with Crippen LogP contribution in [0.2, 0.25) is 0 Å². The van der Waals surface area contributed by atoms with E-state index in [-0.39, 0.29) is 10.7 Å². The molecule has 0 aromatic heterocycles. The average molecular weight is 396 g/mol. The molecule has 28 heavy (non-hydrogen) atoms. The van der Waals surface area contributed by atoms with E-state index in [0.717, 1.165) is 16.9 Å². The van der Waals surface area contributed by atoms with Gasteiger partial charge in [-0.3, -0.25) is 20.2 Å². The molecule has 6 nitrogen and oxygen atoms in total. The number of rotatable bonds is 6. The maximum Gasteiger partial charge on any atom is 0.263 e. The molecular weight excluding hydrogens is 376 g/mol. The molecule has 0 atom stereocenters. The van der Waals surface area contributed by atoms with Gasteiger partial charge >= 0.3 is 0 Å². The lowest BCUT2D eigenvalue weighted by Crippen LogP contribution is -2.51. The van der Waals surface area contributed by atoms with E-state index in [1.807, 2.05) is 26.0 Å². The Morgan fingerprint density at radius 2 is 1.39 bits per heavy atom. The zero-order chi connectivity index (χ0) is 20.1. The van der Waals surface area contributed by atoms with Crippen LogP contribution in [0.4, 0.5) is 0 Å². The third-order valence-electron chi connectivity index (χ3n) is 3.95. The minimum absolute atomic E-state index is 0.00381. The summed E-state index contributed by atoms with van der Waals surface area (Å²) in [4.78, 5) is 23.7. The molecule has 1 saturated heterocycles. The molecular formula is C21H20N2O4S. The van der Waals surface area contributed by atoms with Crippen LogP contribution in [0.1, 0.15) is 16.7 Å². The van der Waals surface area contributed by atoms with E-state index in [0.29, 0.717) is 24.5 Å². The number of aryl methyl sites for hydroxylation is 2. The topological polar surface area (TPSA) is 76.7 Å². The maximum absolute atomic E-state index is 11.9. The van der Waals surface area contributed by atoms with Crippen molar-refractivity contribution >= 4 is 35.2 Å². The van der Waals surface area contributed by atoms with Gasteiger partial charge in [0.25, 0.3) is 11.8 Å². The molecule has 1 aliphatic rings. The second kappa shape index (κ2) is 8.67. The lowest BCUT2D eigenvalue weighted by atomic mass is 10.1. The molecule has 0 radical (unpaired) electrons. The van der Waals surface area contributed by atoms with Crippen LogP contribution in [-0.2, 0) is 9.59 Å². The van der Waals surface area contributed by atoms with Gasteiger partial charge in [0.1, 0.15) is 30.3 Å². The molecule has 2 aromatic carbocycles. The van der Waals surface area contributed by atoms with Gasteiger partial charge in [0, 0.05) is 0 Å². The summed E-state index contributed by atoms with van der Waals surface area (Å²) in [5, 5.41) is 4.81. The Balaban J connectivity index is 1.53. The largest absolute Gasteiger partial charge is 0.490 e. The van der Waals surface area contributed by atoms with Crippen LogP contribution in [0.15, 0.2) is 48.0 Å². The molecule has 0 bridgehead atoms. The summed E-state index contributed by atoms with van der Waals surface area (Å²) in [6.45, 7) is 4.88. The molecule has 7 heteroatoms. The zero-order valence-electron chi connectivity index (χ0n) is 15.6.